The Kier molecular flexibility index (Phi) is 5.49. The van der Waals surface area contributed by atoms with Crippen molar-refractivity contribution in [2.24, 2.45) is 10.2 Å². The topological polar surface area (TPSA) is 127 Å². The van der Waals surface area contributed by atoms with Crippen LogP contribution in [0.3, 0.4) is 0 Å². The molecule has 0 amide bonds. The number of ether oxygens (including phenoxy) is 1. The van der Waals surface area contributed by atoms with E-state index in [1.54, 1.807) is 6.92 Å². The molecule has 0 bridgehead atoms. The Labute approximate surface area is 160 Å². The van der Waals surface area contributed by atoms with E-state index in [0.29, 0.717) is 15.8 Å². The minimum atomic E-state index is -4.46. The molecule has 140 valence electrons. The summed E-state index contributed by atoms with van der Waals surface area (Å²) in [5.41, 5.74) is 7.45. The predicted molar refractivity (Wildman–Crippen MR) is 104 cm³/mol. The van der Waals surface area contributed by atoms with E-state index in [0.717, 1.165) is 16.9 Å². The van der Waals surface area contributed by atoms with Crippen molar-refractivity contribution in [2.45, 2.75) is 11.8 Å². The van der Waals surface area contributed by atoms with Crippen LogP contribution in [0, 0.1) is 0 Å². The van der Waals surface area contributed by atoms with Crippen LogP contribution >= 0.6 is 11.3 Å². The van der Waals surface area contributed by atoms with Gasteiger partial charge in [0.15, 0.2) is 10.1 Å². The summed E-state index contributed by atoms with van der Waals surface area (Å²) in [7, 11) is -4.46. The summed E-state index contributed by atoms with van der Waals surface area (Å²) in [5.74, 6) is 0.0472. The van der Waals surface area contributed by atoms with Gasteiger partial charge in [-0.05, 0) is 25.1 Å². The molecule has 3 rings (SSSR count). The Morgan fingerprint density at radius 2 is 1.93 bits per heavy atom. The molecule has 27 heavy (non-hydrogen) atoms. The molecule has 1 heterocycles. The monoisotopic (exact) mass is 404 g/mol. The molecule has 0 saturated heterocycles. The van der Waals surface area contributed by atoms with Gasteiger partial charge in [0.25, 0.3) is 10.1 Å². The lowest BCUT2D eigenvalue weighted by Gasteiger charge is -2.08. The van der Waals surface area contributed by atoms with E-state index >= 15 is 0 Å². The Hall–Kier alpha value is -2.82. The Morgan fingerprint density at radius 1 is 1.19 bits per heavy atom. The maximum Gasteiger partial charge on any atom is 0.298 e. The van der Waals surface area contributed by atoms with E-state index in [-0.39, 0.29) is 22.9 Å². The lowest BCUT2D eigenvalue weighted by atomic mass is 10.2. The molecule has 8 nitrogen and oxygen atoms in total. The molecule has 0 aliphatic carbocycles. The molecule has 2 aromatic carbocycles. The first-order chi connectivity index (χ1) is 12.9. The smallest absolute Gasteiger partial charge is 0.298 e. The number of anilines is 1. The summed E-state index contributed by atoms with van der Waals surface area (Å²) in [5, 5.41) is 9.04. The number of hydrogen-bond acceptors (Lipinski definition) is 8. The number of hydrogen-bond donors (Lipinski definition) is 2. The first-order valence-corrected chi connectivity index (χ1v) is 10.1. The summed E-state index contributed by atoms with van der Waals surface area (Å²) in [6.45, 7) is 1.96. The zero-order valence-corrected chi connectivity index (χ0v) is 15.9. The Bertz CT molecular complexity index is 1080. The van der Waals surface area contributed by atoms with Crippen LogP contribution in [0.4, 0.5) is 15.8 Å². The van der Waals surface area contributed by atoms with Gasteiger partial charge in [-0.3, -0.25) is 4.55 Å². The van der Waals surface area contributed by atoms with Crippen LogP contribution in [0.2, 0.25) is 0 Å². The third kappa shape index (κ3) is 4.48. The van der Waals surface area contributed by atoms with Crippen molar-refractivity contribution in [3.63, 3.8) is 0 Å². The van der Waals surface area contributed by atoms with E-state index in [1.165, 1.54) is 18.2 Å². The fourth-order valence-electron chi connectivity index (χ4n) is 2.32. The number of azo groups is 1. The molecule has 0 atom stereocenters. The average molecular weight is 404 g/mol. The second kappa shape index (κ2) is 7.82. The minimum absolute atomic E-state index is 0.0472. The number of nitrogens with zero attached hydrogens (tertiary/aromatic N) is 3. The van der Waals surface area contributed by atoms with E-state index in [1.807, 2.05) is 30.3 Å². The number of aromatic nitrogens is 1. The molecule has 0 fully saturated rings. The van der Waals surface area contributed by atoms with Crippen molar-refractivity contribution >= 4 is 37.3 Å². The minimum Gasteiger partial charge on any atom is -0.492 e. The Morgan fingerprint density at radius 3 is 2.59 bits per heavy atom. The predicted octanol–water partition coefficient (Wildman–Crippen LogP) is 4.45. The van der Waals surface area contributed by atoms with Crippen molar-refractivity contribution in [2.75, 3.05) is 12.3 Å². The fraction of sp³-hybridized carbons (Fsp3) is 0.118. The molecule has 0 aliphatic rings. The van der Waals surface area contributed by atoms with Gasteiger partial charge in [-0.15, -0.1) is 10.2 Å². The van der Waals surface area contributed by atoms with Gasteiger partial charge >= 0.3 is 0 Å². The summed E-state index contributed by atoms with van der Waals surface area (Å²) < 4.78 is 37.8. The van der Waals surface area contributed by atoms with Crippen LogP contribution < -0.4 is 10.5 Å². The van der Waals surface area contributed by atoms with Crippen LogP contribution in [0.25, 0.3) is 11.3 Å². The van der Waals surface area contributed by atoms with Gasteiger partial charge in [0.05, 0.1) is 12.3 Å². The third-order valence-corrected chi connectivity index (χ3v) is 5.08. The lowest BCUT2D eigenvalue weighted by molar-refractivity contribution is 0.329. The third-order valence-electron chi connectivity index (χ3n) is 3.43. The number of benzene rings is 2. The number of nitrogens with two attached hydrogens (primary N) is 1. The quantitative estimate of drug-likeness (QED) is 0.461. The molecule has 0 saturated carbocycles. The van der Waals surface area contributed by atoms with Gasteiger partial charge in [-0.25, -0.2) is 4.98 Å². The highest BCUT2D eigenvalue weighted by molar-refractivity contribution is 7.86. The normalized spacial score (nSPS) is 11.8. The number of thiazole rings is 1. The molecule has 0 unspecified atom stereocenters. The largest absolute Gasteiger partial charge is 0.492 e. The summed E-state index contributed by atoms with van der Waals surface area (Å²) >= 11 is 1.16. The molecule has 1 aromatic heterocycles. The second-order valence-electron chi connectivity index (χ2n) is 5.31. The molecule has 3 aromatic rings. The van der Waals surface area contributed by atoms with Crippen LogP contribution in [0.5, 0.6) is 5.75 Å². The summed E-state index contributed by atoms with van der Waals surface area (Å²) in [6, 6.07) is 13.5. The van der Waals surface area contributed by atoms with Crippen molar-refractivity contribution in [3.8, 4) is 17.0 Å². The van der Waals surface area contributed by atoms with Crippen LogP contribution in [-0.2, 0) is 10.1 Å². The van der Waals surface area contributed by atoms with Gasteiger partial charge in [0.2, 0.25) is 0 Å². The first-order valence-electron chi connectivity index (χ1n) is 7.86. The molecular weight excluding hydrogens is 388 g/mol. The molecule has 0 radical (unpaired) electrons. The number of nitrogen functional groups attached to an aromatic ring is 1. The first kappa shape index (κ1) is 19.0. The molecule has 10 heteroatoms. The van der Waals surface area contributed by atoms with E-state index in [9.17, 15) is 13.0 Å². The zero-order valence-electron chi connectivity index (χ0n) is 14.2. The maximum absolute atomic E-state index is 11.6. The molecule has 0 aliphatic heterocycles. The van der Waals surface area contributed by atoms with E-state index in [4.69, 9.17) is 10.5 Å². The maximum atomic E-state index is 11.6. The highest BCUT2D eigenvalue weighted by Crippen LogP contribution is 2.38. The molecular formula is C17H16N4O4S2. The summed E-state index contributed by atoms with van der Waals surface area (Å²) in [6.07, 6.45) is 0. The SMILES string of the molecule is CCOc1ccc(N=Nc2sc(N)nc2-c2ccccc2)cc1S(=O)(=O)O. The van der Waals surface area contributed by atoms with Gasteiger partial charge in [0, 0.05) is 5.56 Å². The van der Waals surface area contributed by atoms with Crippen LogP contribution in [0.15, 0.2) is 63.7 Å². The summed E-state index contributed by atoms with van der Waals surface area (Å²) in [4.78, 5) is 3.91. The van der Waals surface area contributed by atoms with Gasteiger partial charge in [0.1, 0.15) is 16.3 Å². The molecule has 3 N–H and O–H groups in total. The van der Waals surface area contributed by atoms with Crippen molar-refractivity contribution in [1.82, 2.24) is 4.98 Å². The Balaban J connectivity index is 1.98. The zero-order chi connectivity index (χ0) is 19.4. The fourth-order valence-corrected chi connectivity index (χ4v) is 3.65. The van der Waals surface area contributed by atoms with Crippen LogP contribution in [-0.4, -0.2) is 24.6 Å². The van der Waals surface area contributed by atoms with Crippen molar-refractivity contribution < 1.29 is 17.7 Å². The highest BCUT2D eigenvalue weighted by Gasteiger charge is 2.18. The lowest BCUT2D eigenvalue weighted by Crippen LogP contribution is -2.03. The second-order valence-corrected chi connectivity index (χ2v) is 7.71. The van der Waals surface area contributed by atoms with Crippen molar-refractivity contribution in [1.29, 1.82) is 0 Å². The van der Waals surface area contributed by atoms with Crippen molar-refractivity contribution in [3.05, 3.63) is 48.5 Å². The standard InChI is InChI=1S/C17H16N4O4S2/c1-2-25-13-9-8-12(10-14(13)27(22,23)24)20-21-16-15(19-17(18)26-16)11-6-4-3-5-7-11/h3-10H,2H2,1H3,(H2,18,19)(H,22,23,24). The van der Waals surface area contributed by atoms with Crippen LogP contribution in [0.1, 0.15) is 6.92 Å². The van der Waals surface area contributed by atoms with Gasteiger partial charge in [-0.1, -0.05) is 41.7 Å². The van der Waals surface area contributed by atoms with Gasteiger partial charge in [-0.2, -0.15) is 8.42 Å². The average Bonchev–Trinajstić information content (AvgIpc) is 3.01. The highest BCUT2D eigenvalue weighted by atomic mass is 32.2. The van der Waals surface area contributed by atoms with E-state index < -0.39 is 10.1 Å². The van der Waals surface area contributed by atoms with Gasteiger partial charge < -0.3 is 10.5 Å². The van der Waals surface area contributed by atoms with E-state index in [2.05, 4.69) is 15.2 Å². The molecule has 0 spiro atoms. The number of rotatable bonds is 6.